The monoisotopic (exact) mass is 947 g/mol. The van der Waals surface area contributed by atoms with Crippen LogP contribution in [0, 0.1) is 0 Å². The molecule has 0 spiro atoms. The van der Waals surface area contributed by atoms with Gasteiger partial charge in [0, 0.05) is 65.5 Å². The second-order valence-corrected chi connectivity index (χ2v) is 21.9. The van der Waals surface area contributed by atoms with Crippen LogP contribution < -0.4 is 4.90 Å². The van der Waals surface area contributed by atoms with Crippen molar-refractivity contribution < 1.29 is 8.83 Å². The van der Waals surface area contributed by atoms with Gasteiger partial charge in [-0.25, -0.2) is 0 Å². The SMILES string of the molecule is CC1(C)c2ccccc2C(c2ccc(-c3cc4c5oc6ccccc6c5cc5c(-c6ccc(N7c8ccccc8C(C)(C)c8ccccc87)cc6)cc6c7oc8ccccc8c7cc3c6c54)cc2)c2ccccc21. The van der Waals surface area contributed by atoms with Gasteiger partial charge in [0.25, 0.3) is 0 Å². The summed E-state index contributed by atoms with van der Waals surface area (Å²) in [6.45, 7) is 9.42. The average molecular weight is 948 g/mol. The molecule has 0 N–H and O–H groups in total. The topological polar surface area (TPSA) is 29.5 Å². The fourth-order valence-corrected chi connectivity index (χ4v) is 13.8. The molecular formula is C71H49NO2. The predicted octanol–water partition coefficient (Wildman–Crippen LogP) is 19.6. The molecule has 0 fully saturated rings. The van der Waals surface area contributed by atoms with E-state index >= 15 is 0 Å². The zero-order valence-corrected chi connectivity index (χ0v) is 41.6. The molecular weight excluding hydrogens is 899 g/mol. The summed E-state index contributed by atoms with van der Waals surface area (Å²) in [6, 6.07) is 81.1. The predicted molar refractivity (Wildman–Crippen MR) is 308 cm³/mol. The van der Waals surface area contributed by atoms with Crippen LogP contribution in [0.2, 0.25) is 0 Å². The van der Waals surface area contributed by atoms with Crippen LogP contribution in [0.15, 0.2) is 227 Å². The fourth-order valence-electron chi connectivity index (χ4n) is 13.8. The van der Waals surface area contributed by atoms with E-state index in [1.54, 1.807) is 0 Å². The minimum Gasteiger partial charge on any atom is -0.455 e. The largest absolute Gasteiger partial charge is 0.455 e. The molecule has 0 amide bonds. The van der Waals surface area contributed by atoms with Crippen LogP contribution in [0.3, 0.4) is 0 Å². The molecule has 1 aliphatic heterocycles. The Balaban J connectivity index is 0.945. The lowest BCUT2D eigenvalue weighted by Crippen LogP contribution is -2.30. The smallest absolute Gasteiger partial charge is 0.143 e. The van der Waals surface area contributed by atoms with Crippen LogP contribution in [0.4, 0.5) is 17.1 Å². The van der Waals surface area contributed by atoms with E-state index in [9.17, 15) is 0 Å². The van der Waals surface area contributed by atoms with Crippen molar-refractivity contribution in [1.82, 2.24) is 0 Å². The van der Waals surface area contributed by atoms with Gasteiger partial charge in [0.15, 0.2) is 0 Å². The molecule has 16 rings (SSSR count). The lowest BCUT2D eigenvalue weighted by Gasteiger charge is -2.42. The highest BCUT2D eigenvalue weighted by Crippen LogP contribution is 2.55. The van der Waals surface area contributed by atoms with E-state index in [1.165, 1.54) is 77.4 Å². The number of hydrogen-bond donors (Lipinski definition) is 0. The average Bonchev–Trinajstić information content (AvgIpc) is 4.02. The Hall–Kier alpha value is -8.92. The molecule has 2 aliphatic rings. The minimum absolute atomic E-state index is 0.0951. The first-order valence-electron chi connectivity index (χ1n) is 26.0. The van der Waals surface area contributed by atoms with Crippen LogP contribution >= 0.6 is 0 Å². The highest BCUT2D eigenvalue weighted by Gasteiger charge is 2.39. The standard InChI is InChI=1S/C71H49NO2/c1-70(2)57-21-9-5-19-47(57)65(48-20-6-10-22-58(48)70)43-31-29-41(30-32-43)49-37-55-67-52(40-54-46-18-8-16-28-64(46)73-68(54)55)50(38-56-66(67)51(49)39-53-45-17-7-15-27-63(45)74-69(53)56)42-33-35-44(36-34-42)72-61-25-13-11-23-59(61)71(3,4)60-24-12-14-26-62(60)72/h5-40,65H,1-4H3. The molecule has 2 aromatic heterocycles. The Bertz CT molecular complexity index is 4260. The number of furan rings is 2. The third kappa shape index (κ3) is 5.56. The summed E-state index contributed by atoms with van der Waals surface area (Å²) >= 11 is 0. The van der Waals surface area contributed by atoms with Crippen molar-refractivity contribution in [3.8, 4) is 22.3 Å². The maximum absolute atomic E-state index is 6.99. The van der Waals surface area contributed by atoms with E-state index in [0.717, 1.165) is 77.0 Å². The van der Waals surface area contributed by atoms with Gasteiger partial charge in [0.1, 0.15) is 22.3 Å². The maximum atomic E-state index is 6.99. The Morgan fingerprint density at radius 1 is 0.351 bits per heavy atom. The summed E-state index contributed by atoms with van der Waals surface area (Å²) in [7, 11) is 0. The van der Waals surface area contributed by atoms with E-state index in [2.05, 4.69) is 251 Å². The van der Waals surface area contributed by atoms with Gasteiger partial charge in [0.2, 0.25) is 0 Å². The van der Waals surface area contributed by atoms with Gasteiger partial charge in [0.05, 0.1) is 11.4 Å². The molecule has 0 radical (unpaired) electrons. The number of rotatable bonds is 4. The first kappa shape index (κ1) is 41.7. The van der Waals surface area contributed by atoms with Gasteiger partial charge in [-0.05, 0) is 133 Å². The van der Waals surface area contributed by atoms with Crippen molar-refractivity contribution in [2.75, 3.05) is 4.90 Å². The second-order valence-electron chi connectivity index (χ2n) is 21.9. The molecule has 3 heterocycles. The summed E-state index contributed by atoms with van der Waals surface area (Å²) in [5.74, 6) is 0.126. The number of benzene rings is 12. The Kier molecular flexibility index (Phi) is 8.36. The summed E-state index contributed by atoms with van der Waals surface area (Å²) in [6.07, 6.45) is 0. The van der Waals surface area contributed by atoms with Crippen LogP contribution in [0.25, 0.3) is 98.4 Å². The van der Waals surface area contributed by atoms with Gasteiger partial charge in [-0.1, -0.05) is 185 Å². The lowest BCUT2D eigenvalue weighted by molar-refractivity contribution is 0.597. The van der Waals surface area contributed by atoms with E-state index in [1.807, 2.05) is 0 Å². The quantitative estimate of drug-likeness (QED) is 0.165. The molecule has 1 aliphatic carbocycles. The molecule has 0 saturated carbocycles. The Morgan fingerprint density at radius 3 is 1.26 bits per heavy atom. The molecule has 74 heavy (non-hydrogen) atoms. The van der Waals surface area contributed by atoms with Crippen LogP contribution in [0.1, 0.15) is 72.6 Å². The van der Waals surface area contributed by atoms with E-state index in [4.69, 9.17) is 8.83 Å². The Morgan fingerprint density at radius 2 is 0.757 bits per heavy atom. The summed E-state index contributed by atoms with van der Waals surface area (Å²) in [5, 5.41) is 11.4. The number of fused-ring (bicyclic) bond motifs is 12. The molecule has 0 unspecified atom stereocenters. The van der Waals surface area contributed by atoms with Crippen molar-refractivity contribution in [3.63, 3.8) is 0 Å². The number of anilines is 3. The number of para-hydroxylation sites is 4. The van der Waals surface area contributed by atoms with E-state index < -0.39 is 0 Å². The number of nitrogens with zero attached hydrogens (tertiary/aromatic N) is 1. The normalized spacial score (nSPS) is 14.9. The van der Waals surface area contributed by atoms with Crippen molar-refractivity contribution in [3.05, 3.63) is 257 Å². The molecule has 14 aromatic rings. The molecule has 0 bridgehead atoms. The summed E-state index contributed by atoms with van der Waals surface area (Å²) in [4.78, 5) is 2.44. The van der Waals surface area contributed by atoms with Gasteiger partial charge >= 0.3 is 0 Å². The van der Waals surface area contributed by atoms with Crippen LogP contribution in [0.5, 0.6) is 0 Å². The van der Waals surface area contributed by atoms with Gasteiger partial charge in [-0.2, -0.15) is 0 Å². The maximum Gasteiger partial charge on any atom is 0.143 e. The zero-order chi connectivity index (χ0) is 49.2. The molecule has 0 atom stereocenters. The van der Waals surface area contributed by atoms with Gasteiger partial charge in [-0.15, -0.1) is 0 Å². The van der Waals surface area contributed by atoms with E-state index in [0.29, 0.717) is 0 Å². The van der Waals surface area contributed by atoms with Crippen molar-refractivity contribution in [1.29, 1.82) is 0 Å². The van der Waals surface area contributed by atoms with Gasteiger partial charge < -0.3 is 13.7 Å². The first-order chi connectivity index (χ1) is 36.2. The zero-order valence-electron chi connectivity index (χ0n) is 41.6. The summed E-state index contributed by atoms with van der Waals surface area (Å²) < 4.78 is 14.0. The van der Waals surface area contributed by atoms with Crippen molar-refractivity contribution in [2.45, 2.75) is 44.4 Å². The molecule has 350 valence electrons. The molecule has 3 heteroatoms. The van der Waals surface area contributed by atoms with Gasteiger partial charge in [-0.3, -0.25) is 0 Å². The highest BCUT2D eigenvalue weighted by molar-refractivity contribution is 6.38. The lowest BCUT2D eigenvalue weighted by atomic mass is 9.64. The first-order valence-corrected chi connectivity index (χ1v) is 26.0. The molecule has 0 saturated heterocycles. The third-order valence-electron chi connectivity index (χ3n) is 17.3. The fraction of sp³-hybridized carbons (Fsp3) is 0.0986. The second kappa shape index (κ2) is 14.8. The van der Waals surface area contributed by atoms with Crippen molar-refractivity contribution in [2.24, 2.45) is 0 Å². The third-order valence-corrected chi connectivity index (χ3v) is 17.3. The van der Waals surface area contributed by atoms with Crippen LogP contribution in [-0.4, -0.2) is 0 Å². The Labute approximate surface area is 428 Å². The summed E-state index contributed by atoms with van der Waals surface area (Å²) in [5.41, 5.74) is 21.0. The molecule has 3 nitrogen and oxygen atoms in total. The molecule has 12 aromatic carbocycles. The highest BCUT2D eigenvalue weighted by atomic mass is 16.3. The van der Waals surface area contributed by atoms with E-state index in [-0.39, 0.29) is 16.7 Å². The van der Waals surface area contributed by atoms with Crippen molar-refractivity contribution >= 4 is 93.3 Å². The van der Waals surface area contributed by atoms with Crippen LogP contribution in [-0.2, 0) is 10.8 Å². The number of hydrogen-bond acceptors (Lipinski definition) is 3. The minimum atomic E-state index is -0.135.